The number of nitrogens with one attached hydrogen (secondary N) is 3. The number of sulfonamides is 5. The summed E-state index contributed by atoms with van der Waals surface area (Å²) in [7, 11) is -14.9. The summed E-state index contributed by atoms with van der Waals surface area (Å²) in [6, 6.07) is 73.2. The molecule has 7 aliphatic rings. The third kappa shape index (κ3) is 21.6. The minimum absolute atomic E-state index is 0.00983. The van der Waals surface area contributed by atoms with E-state index in [1.54, 1.807) is 117 Å². The Labute approximate surface area is 848 Å². The average molecular weight is 2100 g/mol. The molecule has 1 atom stereocenters. The van der Waals surface area contributed by atoms with Crippen molar-refractivity contribution in [3.05, 3.63) is 268 Å². The summed E-state index contributed by atoms with van der Waals surface area (Å²) in [5.41, 5.74) is 18.2. The average Bonchev–Trinajstić information content (AvgIpc) is 1.60. The lowest BCUT2D eigenvalue weighted by atomic mass is 9.86. The lowest BCUT2D eigenvalue weighted by Gasteiger charge is -2.18. The molecule has 2 aliphatic heterocycles. The van der Waals surface area contributed by atoms with E-state index < -0.39 is 63.3 Å². The third-order valence-electron chi connectivity index (χ3n) is 26.5. The highest BCUT2D eigenvalue weighted by Crippen LogP contribution is 2.55. The van der Waals surface area contributed by atoms with Crippen LogP contribution in [0, 0.1) is 68.5 Å². The number of halogens is 6. The van der Waals surface area contributed by atoms with Gasteiger partial charge in [-0.3, -0.25) is 22.8 Å². The van der Waals surface area contributed by atoms with Gasteiger partial charge in [-0.1, -0.05) is 115 Å². The van der Waals surface area contributed by atoms with Gasteiger partial charge in [0.25, 0.3) is 0 Å². The highest BCUT2D eigenvalue weighted by molar-refractivity contribution is 7.94. The van der Waals surface area contributed by atoms with Gasteiger partial charge in [-0.2, -0.15) is 43.9 Å². The Bertz CT molecular complexity index is 8300. The molecule has 5 aliphatic carbocycles. The lowest BCUT2D eigenvalue weighted by molar-refractivity contribution is -0.0505. The highest BCUT2D eigenvalue weighted by Gasteiger charge is 2.41. The number of allylic oxidation sites excluding steroid dienone is 2. The van der Waals surface area contributed by atoms with Gasteiger partial charge in [0.05, 0.1) is 129 Å². The summed E-state index contributed by atoms with van der Waals surface area (Å²) in [6.45, 7) is 6.66. The predicted molar refractivity (Wildman–Crippen MR) is 560 cm³/mol. The predicted octanol–water partition coefficient (Wildman–Crippen LogP) is 23.5. The summed E-state index contributed by atoms with van der Waals surface area (Å²) in [6.07, 6.45) is 10.9. The first-order valence-electron chi connectivity index (χ1n) is 47.1. The van der Waals surface area contributed by atoms with Crippen LogP contribution >= 0.6 is 23.2 Å². The van der Waals surface area contributed by atoms with E-state index in [0.717, 1.165) is 139 Å². The molecule has 27 nitrogen and oxygen atoms in total. The zero-order valence-corrected chi connectivity index (χ0v) is 84.6. The number of alkyl halides is 4. The van der Waals surface area contributed by atoms with Crippen molar-refractivity contribution in [2.45, 2.75) is 141 Å². The number of benzene rings is 10. The van der Waals surface area contributed by atoms with Crippen molar-refractivity contribution in [2.75, 3.05) is 60.2 Å². The van der Waals surface area contributed by atoms with Crippen molar-refractivity contribution in [2.24, 2.45) is 11.8 Å². The standard InChI is InChI=1S/C24H22F2N2O3S.C23H21F2N3O3S.C21H19N3O3S.C20H18ClN3O2S.C19H18ClN3O2S/c25-24(26)31-17-7-10-19-20(12-17)21(11-14-1-2-14)23(22(19)13-27)15-3-5-16(6-4-15)28-32(29,30)18-8-9-18;24-23(25)31-18-8-9-19-20(13-26)22(27(21(19)12-18)14-15-2-3-15)16-4-6-17(7-5-16)28-10-1-11-32(28,29)30;1-3-23-20-13-17(27-2)9-10-18(20)19(14-22)21(23)15-5-7-16(8-6-15)24-11-4-12-28(24,25)26;1-2-24-18-5-3-4-17(21)19(18)16(12-22)20(24)13-6-8-14(9-7-13)23-27(25,26)15-10-11-15;1-3-23-17-7-5-6-16(20)18(17)15(12-21)19(23)13-8-10-14(11-9-13)22-26(24,25)4-2/h3-7,10,12,14,18,21,24,28H,1-2,8-9,11H2;4-9,12,15,23H,1-3,10-11,14H2;3,5-10,13H,1,4,11-12H2,2H3;3-9,15,23H,2,10-11H2,1H3;5-11,22H,3-4H2,1-2H3. The van der Waals surface area contributed by atoms with E-state index in [2.05, 4.69) is 65.1 Å². The normalized spacial score (nSPS) is 16.1. The minimum Gasteiger partial charge on any atom is -0.497 e. The molecule has 0 radical (unpaired) electrons. The molecule has 0 bridgehead atoms. The van der Waals surface area contributed by atoms with Crippen LogP contribution in [0.15, 0.2) is 219 Å². The van der Waals surface area contributed by atoms with E-state index in [1.807, 2.05) is 131 Å². The fourth-order valence-corrected chi connectivity index (χ4v) is 26.1. The summed E-state index contributed by atoms with van der Waals surface area (Å²) in [5.74, 6) is 2.09. The molecule has 6 fully saturated rings. The van der Waals surface area contributed by atoms with Crippen LogP contribution in [0.4, 0.5) is 46.0 Å². The lowest BCUT2D eigenvalue weighted by Crippen LogP contribution is -2.24. The van der Waals surface area contributed by atoms with Gasteiger partial charge in [-0.25, -0.2) is 42.1 Å². The van der Waals surface area contributed by atoms with Crippen LogP contribution in [0.2, 0.25) is 10.0 Å². The maximum absolute atomic E-state index is 12.7. The Hall–Kier alpha value is -14.3. The third-order valence-corrected chi connectivity index (χ3v) is 35.9. The van der Waals surface area contributed by atoms with Gasteiger partial charge in [0.2, 0.25) is 50.1 Å². The smallest absolute Gasteiger partial charge is 0.387 e. The summed E-state index contributed by atoms with van der Waals surface area (Å²) in [5, 5.41) is 52.7. The van der Waals surface area contributed by atoms with Gasteiger partial charge in [0.1, 0.15) is 47.6 Å². The van der Waals surface area contributed by atoms with Crippen molar-refractivity contribution in [3.8, 4) is 92.6 Å². The number of fused-ring (bicyclic) bond motifs is 5. The molecule has 2 saturated heterocycles. The van der Waals surface area contributed by atoms with Gasteiger partial charge in [0, 0.05) is 101 Å². The summed E-state index contributed by atoms with van der Waals surface area (Å²) < 4.78 is 205. The van der Waals surface area contributed by atoms with E-state index >= 15 is 0 Å². The molecule has 4 saturated carbocycles. The summed E-state index contributed by atoms with van der Waals surface area (Å²) >= 11 is 12.7. The number of methoxy groups -OCH3 is 1. The van der Waals surface area contributed by atoms with E-state index in [9.17, 15) is 86.0 Å². The fraction of sp³-hybridized carbons (Fsp3) is 0.280. The first kappa shape index (κ1) is 102. The van der Waals surface area contributed by atoms with Gasteiger partial charge >= 0.3 is 13.2 Å². The molecule has 1 unspecified atom stereocenters. The van der Waals surface area contributed by atoms with Crippen molar-refractivity contribution >= 4 is 163 Å². The maximum Gasteiger partial charge on any atom is 0.387 e. The number of rotatable bonds is 28. The molecule has 0 amide bonds. The Morgan fingerprint density at radius 2 is 0.869 bits per heavy atom. The van der Waals surface area contributed by atoms with Crippen LogP contribution in [-0.4, -0.2) is 122 Å². The Kier molecular flexibility index (Phi) is 29.7. The molecule has 145 heavy (non-hydrogen) atoms. The van der Waals surface area contributed by atoms with Gasteiger partial charge in [-0.15, -0.1) is 0 Å². The number of nitriles is 5. The summed E-state index contributed by atoms with van der Waals surface area (Å²) in [4.78, 5) is 0. The van der Waals surface area contributed by atoms with Crippen LogP contribution in [-0.2, 0) is 69.8 Å². The number of aryl methyl sites for hydroxylation is 2. The Morgan fingerprint density at radius 3 is 1.28 bits per heavy atom. The van der Waals surface area contributed by atoms with Crippen LogP contribution < -0.4 is 37.0 Å². The quantitative estimate of drug-likeness (QED) is 0.0383. The van der Waals surface area contributed by atoms with Crippen molar-refractivity contribution in [1.29, 1.82) is 26.3 Å². The number of aromatic nitrogens is 4. The first-order chi connectivity index (χ1) is 69.6. The van der Waals surface area contributed by atoms with E-state index in [-0.39, 0.29) is 45.2 Å². The molecule has 10 aromatic carbocycles. The number of nitrogens with zero attached hydrogens (tertiary/aromatic N) is 11. The zero-order chi connectivity index (χ0) is 103. The topological polar surface area (TPSA) is 380 Å². The molecule has 4 aromatic heterocycles. The molecular weight excluding hydrogens is 2000 g/mol. The fourth-order valence-electron chi connectivity index (χ4n) is 19.0. The van der Waals surface area contributed by atoms with E-state index in [0.29, 0.717) is 159 Å². The molecule has 746 valence electrons. The second kappa shape index (κ2) is 42.2. The molecule has 3 N–H and O–H groups in total. The minimum atomic E-state index is -3.35. The van der Waals surface area contributed by atoms with E-state index in [1.165, 1.54) is 20.7 Å². The molecule has 38 heteroatoms. The van der Waals surface area contributed by atoms with E-state index in [4.69, 9.17) is 27.9 Å². The molecule has 14 aromatic rings. The van der Waals surface area contributed by atoms with Gasteiger partial charge < -0.3 is 32.5 Å². The monoisotopic (exact) mass is 2090 g/mol. The molecule has 0 spiro atoms. The first-order valence-corrected chi connectivity index (χ1v) is 55.8. The van der Waals surface area contributed by atoms with Crippen LogP contribution in [0.1, 0.15) is 136 Å². The largest absolute Gasteiger partial charge is 0.497 e. The van der Waals surface area contributed by atoms with Crippen LogP contribution in [0.3, 0.4) is 0 Å². The molecule has 6 heterocycles. The van der Waals surface area contributed by atoms with Crippen molar-refractivity contribution in [1.82, 2.24) is 18.3 Å². The maximum atomic E-state index is 12.7. The Balaban J connectivity index is 0.000000124. The second-order valence-corrected chi connectivity index (χ2v) is 46.7. The second-order valence-electron chi connectivity index (χ2n) is 35.9. The number of hydrogen-bond donors (Lipinski definition) is 3. The number of ether oxygens (including phenoxy) is 3. The molecule has 21 rings (SSSR count). The van der Waals surface area contributed by atoms with Crippen molar-refractivity contribution < 1.29 is 73.9 Å². The van der Waals surface area contributed by atoms with Crippen LogP contribution in [0.5, 0.6) is 17.2 Å². The number of hydrogen-bond acceptors (Lipinski definition) is 18. The zero-order valence-electron chi connectivity index (χ0n) is 79.0. The number of anilines is 5. The highest BCUT2D eigenvalue weighted by atomic mass is 35.5. The van der Waals surface area contributed by atoms with Crippen LogP contribution in [0.25, 0.3) is 106 Å². The molecular formula is C107H98Cl2F4N14O13S5. The van der Waals surface area contributed by atoms with Crippen molar-refractivity contribution in [3.63, 3.8) is 0 Å². The Morgan fingerprint density at radius 1 is 0.462 bits per heavy atom. The van der Waals surface area contributed by atoms with Gasteiger partial charge in [-0.05, 0) is 257 Å². The van der Waals surface area contributed by atoms with Gasteiger partial charge in [0.15, 0.2) is 0 Å². The SMILES string of the molecule is C=Cn1c(-c2ccc(N3CCCS3(=O)=O)cc2)c(C#N)c2ccc(OC)cc21.CCn1c(-c2ccc(NS(=O)(=O)C3CC3)cc2)c(C#N)c2c(Cl)cccc21.CCn1c(-c2ccc(NS(=O)(=O)CC)cc2)c(C#N)c2c(Cl)cccc21.N#CC1=C(c2ccc(NS(=O)(=O)C3CC3)cc2)C(CC2CC2)c2cc(OC(F)F)ccc21.N#Cc1c(-c2ccc(N3CCCS3(=O)=O)cc2)n(CC2CC2)c2cc(OC(F)F)ccc12.